The standard InChI is InChI=1S/C14H13F2NO/c1-10-8-13(16)11(2)17(18-9-15)14(10)12-6-4-3-5-7-12/h3-8H,2,9H2,1H3. The Morgan fingerprint density at radius 2 is 1.94 bits per heavy atom. The normalized spacial score (nSPS) is 16.1. The number of benzene rings is 1. The smallest absolute Gasteiger partial charge is 0.215 e. The Kier molecular flexibility index (Phi) is 3.58. The molecule has 0 fully saturated rings. The Hall–Kier alpha value is -1.94. The van der Waals surface area contributed by atoms with Gasteiger partial charge in [-0.2, -0.15) is 0 Å². The molecule has 2 rings (SSSR count). The average molecular weight is 249 g/mol. The summed E-state index contributed by atoms with van der Waals surface area (Å²) < 4.78 is 26.0. The number of nitrogens with zero attached hydrogens (tertiary/aromatic N) is 1. The van der Waals surface area contributed by atoms with Crippen LogP contribution in [-0.2, 0) is 4.84 Å². The quantitative estimate of drug-likeness (QED) is 0.804. The molecule has 0 saturated heterocycles. The summed E-state index contributed by atoms with van der Waals surface area (Å²) in [6, 6.07) is 9.25. The first-order chi connectivity index (χ1) is 8.65. The van der Waals surface area contributed by atoms with Gasteiger partial charge in [0, 0.05) is 5.56 Å². The van der Waals surface area contributed by atoms with E-state index in [1.807, 2.05) is 30.3 Å². The van der Waals surface area contributed by atoms with Crippen LogP contribution in [0.3, 0.4) is 0 Å². The lowest BCUT2D eigenvalue weighted by molar-refractivity contribution is -0.121. The van der Waals surface area contributed by atoms with E-state index in [0.717, 1.165) is 10.6 Å². The third kappa shape index (κ3) is 2.19. The number of rotatable bonds is 3. The van der Waals surface area contributed by atoms with E-state index in [1.165, 1.54) is 6.08 Å². The number of hydrogen-bond acceptors (Lipinski definition) is 2. The summed E-state index contributed by atoms with van der Waals surface area (Å²) in [7, 11) is 0. The molecule has 0 radical (unpaired) electrons. The van der Waals surface area contributed by atoms with Crippen LogP contribution in [0.5, 0.6) is 0 Å². The van der Waals surface area contributed by atoms with Crippen molar-refractivity contribution in [3.8, 4) is 0 Å². The first-order valence-electron chi connectivity index (χ1n) is 5.47. The minimum atomic E-state index is -1.05. The van der Waals surface area contributed by atoms with E-state index in [4.69, 9.17) is 4.84 Å². The van der Waals surface area contributed by atoms with E-state index in [9.17, 15) is 8.78 Å². The molecule has 1 heterocycles. The fourth-order valence-electron chi connectivity index (χ4n) is 1.87. The van der Waals surface area contributed by atoms with Crippen LogP contribution in [0.15, 0.2) is 60.1 Å². The van der Waals surface area contributed by atoms with E-state index in [2.05, 4.69) is 6.58 Å². The second kappa shape index (κ2) is 5.14. The Morgan fingerprint density at radius 1 is 1.28 bits per heavy atom. The Bertz CT molecular complexity index is 520. The minimum Gasteiger partial charge on any atom is -0.235 e. The number of allylic oxidation sites excluding steroid dienone is 3. The maximum absolute atomic E-state index is 13.6. The van der Waals surface area contributed by atoms with Gasteiger partial charge in [-0.3, -0.25) is 0 Å². The summed E-state index contributed by atoms with van der Waals surface area (Å²) in [5.41, 5.74) is 2.06. The molecule has 0 spiro atoms. The van der Waals surface area contributed by atoms with Crippen LogP contribution in [0.2, 0.25) is 0 Å². The number of hydrogen-bond donors (Lipinski definition) is 0. The van der Waals surface area contributed by atoms with Crippen molar-refractivity contribution in [3.05, 3.63) is 65.6 Å². The van der Waals surface area contributed by atoms with Gasteiger partial charge in [-0.1, -0.05) is 36.9 Å². The molecule has 1 aromatic carbocycles. The second-order valence-electron chi connectivity index (χ2n) is 3.87. The molecule has 0 bridgehead atoms. The molecule has 0 atom stereocenters. The fraction of sp³-hybridized carbons (Fsp3) is 0.143. The number of alkyl halides is 1. The van der Waals surface area contributed by atoms with Crippen molar-refractivity contribution in [2.75, 3.05) is 6.86 Å². The van der Waals surface area contributed by atoms with Gasteiger partial charge in [0.15, 0.2) is 0 Å². The second-order valence-corrected chi connectivity index (χ2v) is 3.87. The first kappa shape index (κ1) is 12.5. The van der Waals surface area contributed by atoms with Crippen LogP contribution in [0.1, 0.15) is 12.5 Å². The third-order valence-electron chi connectivity index (χ3n) is 2.67. The van der Waals surface area contributed by atoms with Gasteiger partial charge in [0.05, 0.1) is 11.4 Å². The lowest BCUT2D eigenvalue weighted by Gasteiger charge is -2.30. The van der Waals surface area contributed by atoms with E-state index < -0.39 is 12.7 Å². The van der Waals surface area contributed by atoms with Crippen LogP contribution in [0, 0.1) is 0 Å². The molecule has 0 N–H and O–H groups in total. The molecule has 0 saturated carbocycles. The van der Waals surface area contributed by atoms with Crippen molar-refractivity contribution in [3.63, 3.8) is 0 Å². The minimum absolute atomic E-state index is 0.00268. The lowest BCUT2D eigenvalue weighted by Crippen LogP contribution is -2.25. The van der Waals surface area contributed by atoms with Gasteiger partial charge in [0.25, 0.3) is 0 Å². The van der Waals surface area contributed by atoms with Crippen molar-refractivity contribution in [2.45, 2.75) is 6.92 Å². The highest BCUT2D eigenvalue weighted by molar-refractivity contribution is 5.72. The van der Waals surface area contributed by atoms with E-state index >= 15 is 0 Å². The van der Waals surface area contributed by atoms with Crippen LogP contribution in [0.4, 0.5) is 8.78 Å². The zero-order chi connectivity index (χ0) is 13.1. The van der Waals surface area contributed by atoms with Gasteiger partial charge in [-0.25, -0.2) is 18.7 Å². The van der Waals surface area contributed by atoms with E-state index in [-0.39, 0.29) is 5.70 Å². The Morgan fingerprint density at radius 3 is 2.56 bits per heavy atom. The highest BCUT2D eigenvalue weighted by Crippen LogP contribution is 2.35. The highest BCUT2D eigenvalue weighted by Gasteiger charge is 2.25. The van der Waals surface area contributed by atoms with Crippen LogP contribution >= 0.6 is 0 Å². The van der Waals surface area contributed by atoms with Crippen molar-refractivity contribution < 1.29 is 13.6 Å². The molecule has 1 aliphatic rings. The third-order valence-corrected chi connectivity index (χ3v) is 2.67. The molecular weight excluding hydrogens is 236 g/mol. The summed E-state index contributed by atoms with van der Waals surface area (Å²) >= 11 is 0. The molecule has 0 aliphatic carbocycles. The summed E-state index contributed by atoms with van der Waals surface area (Å²) in [5.74, 6) is -0.527. The maximum Gasteiger partial charge on any atom is 0.215 e. The largest absolute Gasteiger partial charge is 0.235 e. The van der Waals surface area contributed by atoms with Gasteiger partial charge in [0.2, 0.25) is 6.86 Å². The van der Waals surface area contributed by atoms with Crippen LogP contribution in [-0.4, -0.2) is 11.9 Å². The van der Waals surface area contributed by atoms with Gasteiger partial charge >= 0.3 is 0 Å². The maximum atomic E-state index is 13.6. The molecule has 4 heteroatoms. The SMILES string of the molecule is C=C1C(F)=CC(C)=C(c2ccccc2)N1OCF. The van der Waals surface area contributed by atoms with Gasteiger partial charge in [0.1, 0.15) is 5.83 Å². The first-order valence-corrected chi connectivity index (χ1v) is 5.47. The fourth-order valence-corrected chi connectivity index (χ4v) is 1.87. The topological polar surface area (TPSA) is 12.5 Å². The number of hydroxylamine groups is 2. The molecule has 1 aliphatic heterocycles. The molecule has 2 nitrogen and oxygen atoms in total. The Labute approximate surface area is 104 Å². The summed E-state index contributed by atoms with van der Waals surface area (Å²) in [4.78, 5) is 4.83. The van der Waals surface area contributed by atoms with Crippen LogP contribution < -0.4 is 0 Å². The van der Waals surface area contributed by atoms with Crippen molar-refractivity contribution in [1.29, 1.82) is 0 Å². The summed E-state index contributed by atoms with van der Waals surface area (Å²) in [6.45, 7) is 4.26. The molecule has 0 aromatic heterocycles. The Balaban J connectivity index is 2.52. The van der Waals surface area contributed by atoms with E-state index in [0.29, 0.717) is 11.3 Å². The molecular formula is C14H13F2NO. The molecule has 0 unspecified atom stereocenters. The highest BCUT2D eigenvalue weighted by atomic mass is 19.1. The molecule has 1 aromatic rings. The molecule has 0 amide bonds. The van der Waals surface area contributed by atoms with Crippen molar-refractivity contribution in [1.82, 2.24) is 5.06 Å². The zero-order valence-electron chi connectivity index (χ0n) is 9.99. The molecule has 18 heavy (non-hydrogen) atoms. The van der Waals surface area contributed by atoms with Crippen molar-refractivity contribution in [2.24, 2.45) is 0 Å². The average Bonchev–Trinajstić information content (AvgIpc) is 2.37. The van der Waals surface area contributed by atoms with Gasteiger partial charge < -0.3 is 0 Å². The lowest BCUT2D eigenvalue weighted by atomic mass is 10.0. The van der Waals surface area contributed by atoms with Gasteiger partial charge in [-0.05, 0) is 18.6 Å². The predicted octanol–water partition coefficient (Wildman–Crippen LogP) is 3.96. The van der Waals surface area contributed by atoms with E-state index in [1.54, 1.807) is 6.92 Å². The summed E-state index contributed by atoms with van der Waals surface area (Å²) in [6.07, 6.45) is 1.36. The zero-order valence-corrected chi connectivity index (χ0v) is 9.99. The van der Waals surface area contributed by atoms with Gasteiger partial charge in [-0.15, -0.1) is 0 Å². The molecule has 94 valence electrons. The van der Waals surface area contributed by atoms with Crippen molar-refractivity contribution >= 4 is 5.70 Å². The van der Waals surface area contributed by atoms with Crippen LogP contribution in [0.25, 0.3) is 5.70 Å². The monoisotopic (exact) mass is 249 g/mol. The number of halogens is 2. The summed E-state index contributed by atoms with van der Waals surface area (Å²) in [5, 5.41) is 1.10. The predicted molar refractivity (Wildman–Crippen MR) is 66.3 cm³/mol.